The average Bonchev–Trinajstić information content (AvgIpc) is 2.29. The number of hydrogen-bond acceptors (Lipinski definition) is 2. The summed E-state index contributed by atoms with van der Waals surface area (Å²) in [7, 11) is 3.30. The van der Waals surface area contributed by atoms with E-state index in [0.29, 0.717) is 0 Å². The second kappa shape index (κ2) is 6.59. The third kappa shape index (κ3) is 3.65. The van der Waals surface area contributed by atoms with Crippen molar-refractivity contribution in [2.24, 2.45) is 0 Å². The van der Waals surface area contributed by atoms with Crippen molar-refractivity contribution in [3.05, 3.63) is 35.4 Å². The standard InChI is InChI=1S/C13H20O2/c1-4-5-6-11-7-9-12(10-8-11)13(14-2)15-3/h7-10,13H,4-6H2,1-3H3. The first-order chi connectivity index (χ1) is 7.31. The monoisotopic (exact) mass is 208 g/mol. The molecule has 0 saturated carbocycles. The molecular formula is C13H20O2. The first-order valence-electron chi connectivity index (χ1n) is 5.46. The number of hydrogen-bond donors (Lipinski definition) is 0. The Morgan fingerprint density at radius 1 is 1.07 bits per heavy atom. The fourth-order valence-corrected chi connectivity index (χ4v) is 1.59. The molecule has 0 aliphatic carbocycles. The Morgan fingerprint density at radius 3 is 2.13 bits per heavy atom. The van der Waals surface area contributed by atoms with Crippen molar-refractivity contribution < 1.29 is 9.47 Å². The van der Waals surface area contributed by atoms with Crippen molar-refractivity contribution in [2.75, 3.05) is 14.2 Å². The van der Waals surface area contributed by atoms with E-state index in [4.69, 9.17) is 9.47 Å². The van der Waals surface area contributed by atoms with Crippen molar-refractivity contribution >= 4 is 0 Å². The van der Waals surface area contributed by atoms with Gasteiger partial charge in [-0.1, -0.05) is 37.6 Å². The van der Waals surface area contributed by atoms with E-state index in [1.165, 1.54) is 18.4 Å². The van der Waals surface area contributed by atoms with E-state index < -0.39 is 0 Å². The molecule has 0 unspecified atom stereocenters. The molecule has 0 spiro atoms. The lowest BCUT2D eigenvalue weighted by Crippen LogP contribution is -2.03. The lowest BCUT2D eigenvalue weighted by atomic mass is 10.1. The Hall–Kier alpha value is -0.860. The summed E-state index contributed by atoms with van der Waals surface area (Å²) in [5, 5.41) is 0. The molecule has 1 aromatic rings. The first-order valence-corrected chi connectivity index (χ1v) is 5.46. The summed E-state index contributed by atoms with van der Waals surface area (Å²) in [4.78, 5) is 0. The Labute approximate surface area is 92.2 Å². The van der Waals surface area contributed by atoms with Crippen LogP contribution in [0.1, 0.15) is 37.2 Å². The van der Waals surface area contributed by atoms with Gasteiger partial charge in [-0.05, 0) is 18.4 Å². The Bertz CT molecular complexity index is 262. The van der Waals surface area contributed by atoms with Crippen molar-refractivity contribution in [3.63, 3.8) is 0 Å². The van der Waals surface area contributed by atoms with Gasteiger partial charge in [-0.15, -0.1) is 0 Å². The molecule has 0 N–H and O–H groups in total. The molecule has 0 radical (unpaired) electrons. The molecule has 0 fully saturated rings. The second-order valence-electron chi connectivity index (χ2n) is 3.65. The number of aryl methyl sites for hydroxylation is 1. The van der Waals surface area contributed by atoms with Crippen LogP contribution < -0.4 is 0 Å². The van der Waals surface area contributed by atoms with Gasteiger partial charge in [-0.25, -0.2) is 0 Å². The Kier molecular flexibility index (Phi) is 5.37. The van der Waals surface area contributed by atoms with E-state index >= 15 is 0 Å². The van der Waals surface area contributed by atoms with Crippen LogP contribution in [0.5, 0.6) is 0 Å². The number of rotatable bonds is 6. The maximum atomic E-state index is 5.18. The van der Waals surface area contributed by atoms with Gasteiger partial charge in [0.2, 0.25) is 0 Å². The molecule has 2 heteroatoms. The molecule has 0 aromatic heterocycles. The summed E-state index contributed by atoms with van der Waals surface area (Å²) in [5.74, 6) is 0. The van der Waals surface area contributed by atoms with Gasteiger partial charge in [-0.3, -0.25) is 0 Å². The summed E-state index contributed by atoms with van der Waals surface area (Å²) in [6.07, 6.45) is 3.39. The Morgan fingerprint density at radius 2 is 1.67 bits per heavy atom. The molecule has 0 heterocycles. The molecule has 1 rings (SSSR count). The highest BCUT2D eigenvalue weighted by Gasteiger charge is 2.07. The van der Waals surface area contributed by atoms with E-state index in [1.807, 2.05) is 0 Å². The van der Waals surface area contributed by atoms with Crippen LogP contribution in [0.25, 0.3) is 0 Å². The minimum Gasteiger partial charge on any atom is -0.352 e. The van der Waals surface area contributed by atoms with E-state index in [9.17, 15) is 0 Å². The fourth-order valence-electron chi connectivity index (χ4n) is 1.59. The smallest absolute Gasteiger partial charge is 0.183 e. The van der Waals surface area contributed by atoms with Gasteiger partial charge < -0.3 is 9.47 Å². The zero-order chi connectivity index (χ0) is 11.1. The molecule has 0 amide bonds. The van der Waals surface area contributed by atoms with Gasteiger partial charge in [0, 0.05) is 19.8 Å². The third-order valence-corrected chi connectivity index (χ3v) is 2.50. The van der Waals surface area contributed by atoms with E-state index in [0.717, 1.165) is 12.0 Å². The van der Waals surface area contributed by atoms with E-state index in [1.54, 1.807) is 14.2 Å². The number of ether oxygens (including phenoxy) is 2. The van der Waals surface area contributed by atoms with Crippen molar-refractivity contribution in [1.82, 2.24) is 0 Å². The molecule has 84 valence electrons. The molecule has 15 heavy (non-hydrogen) atoms. The molecular weight excluding hydrogens is 188 g/mol. The number of methoxy groups -OCH3 is 2. The molecule has 0 bridgehead atoms. The lowest BCUT2D eigenvalue weighted by molar-refractivity contribution is -0.106. The van der Waals surface area contributed by atoms with Crippen LogP contribution in [-0.2, 0) is 15.9 Å². The van der Waals surface area contributed by atoms with Gasteiger partial charge in [0.15, 0.2) is 6.29 Å². The fraction of sp³-hybridized carbons (Fsp3) is 0.538. The first kappa shape index (κ1) is 12.2. The average molecular weight is 208 g/mol. The van der Waals surface area contributed by atoms with Crippen LogP contribution in [0.4, 0.5) is 0 Å². The van der Waals surface area contributed by atoms with E-state index in [2.05, 4.69) is 31.2 Å². The molecule has 1 aromatic carbocycles. The highest BCUT2D eigenvalue weighted by atomic mass is 16.7. The van der Waals surface area contributed by atoms with Gasteiger partial charge in [0.05, 0.1) is 0 Å². The quantitative estimate of drug-likeness (QED) is 0.668. The predicted octanol–water partition coefficient (Wildman–Crippen LogP) is 3.32. The van der Waals surface area contributed by atoms with Crippen molar-refractivity contribution in [2.45, 2.75) is 32.5 Å². The SMILES string of the molecule is CCCCc1ccc(C(OC)OC)cc1. The minimum absolute atomic E-state index is 0.245. The maximum absolute atomic E-state index is 5.18. The van der Waals surface area contributed by atoms with E-state index in [-0.39, 0.29) is 6.29 Å². The van der Waals surface area contributed by atoms with Gasteiger partial charge >= 0.3 is 0 Å². The minimum atomic E-state index is -0.245. The molecule has 0 saturated heterocycles. The molecule has 0 aliphatic rings. The zero-order valence-electron chi connectivity index (χ0n) is 9.82. The summed E-state index contributed by atoms with van der Waals surface area (Å²) in [6.45, 7) is 2.21. The molecule has 0 atom stereocenters. The largest absolute Gasteiger partial charge is 0.352 e. The molecule has 2 nitrogen and oxygen atoms in total. The number of benzene rings is 1. The Balaban J connectivity index is 2.62. The van der Waals surface area contributed by atoms with Crippen LogP contribution in [0.15, 0.2) is 24.3 Å². The van der Waals surface area contributed by atoms with Crippen molar-refractivity contribution in [1.29, 1.82) is 0 Å². The summed E-state index contributed by atoms with van der Waals surface area (Å²) in [5.41, 5.74) is 2.45. The predicted molar refractivity (Wildman–Crippen MR) is 61.8 cm³/mol. The van der Waals surface area contributed by atoms with Crippen LogP contribution in [-0.4, -0.2) is 14.2 Å². The van der Waals surface area contributed by atoms with Gasteiger partial charge in [0.1, 0.15) is 0 Å². The lowest BCUT2D eigenvalue weighted by Gasteiger charge is -2.13. The van der Waals surface area contributed by atoms with Crippen LogP contribution in [0, 0.1) is 0 Å². The van der Waals surface area contributed by atoms with Crippen molar-refractivity contribution in [3.8, 4) is 0 Å². The highest BCUT2D eigenvalue weighted by Crippen LogP contribution is 2.18. The summed E-state index contributed by atoms with van der Waals surface area (Å²) in [6, 6.07) is 8.44. The highest BCUT2D eigenvalue weighted by molar-refractivity contribution is 5.23. The third-order valence-electron chi connectivity index (χ3n) is 2.50. The van der Waals surface area contributed by atoms with Gasteiger partial charge in [0.25, 0.3) is 0 Å². The maximum Gasteiger partial charge on any atom is 0.183 e. The molecule has 0 aliphatic heterocycles. The topological polar surface area (TPSA) is 18.5 Å². The van der Waals surface area contributed by atoms with Crippen LogP contribution >= 0.6 is 0 Å². The summed E-state index contributed by atoms with van der Waals surface area (Å²) >= 11 is 0. The van der Waals surface area contributed by atoms with Gasteiger partial charge in [-0.2, -0.15) is 0 Å². The zero-order valence-corrected chi connectivity index (χ0v) is 9.82. The second-order valence-corrected chi connectivity index (χ2v) is 3.65. The van der Waals surface area contributed by atoms with Crippen LogP contribution in [0.3, 0.4) is 0 Å². The summed E-state index contributed by atoms with van der Waals surface area (Å²) < 4.78 is 10.4. The van der Waals surface area contributed by atoms with Crippen LogP contribution in [0.2, 0.25) is 0 Å². The normalized spacial score (nSPS) is 10.9. The number of unbranched alkanes of at least 4 members (excludes halogenated alkanes) is 1.